The summed E-state index contributed by atoms with van der Waals surface area (Å²) in [6.45, 7) is 0. The van der Waals surface area contributed by atoms with Gasteiger partial charge in [0.2, 0.25) is 0 Å². The molecule has 13 heteroatoms. The maximum Gasteiger partial charge on any atom is 2.00 e. The van der Waals surface area contributed by atoms with Crippen LogP contribution in [-0.4, -0.2) is 55.4 Å². The van der Waals surface area contributed by atoms with Gasteiger partial charge in [0.05, 0.1) is 23.3 Å². The first-order valence-corrected chi connectivity index (χ1v) is 17.4. The van der Waals surface area contributed by atoms with Gasteiger partial charge in [-0.15, -0.1) is 46.4 Å². The summed E-state index contributed by atoms with van der Waals surface area (Å²) < 4.78 is 0. The number of rotatable bonds is 0. The Morgan fingerprint density at radius 1 is 0.327 bits per heavy atom. The van der Waals surface area contributed by atoms with E-state index in [1.165, 1.54) is 25.5 Å². The Hall–Kier alpha value is -3.98. The van der Waals surface area contributed by atoms with Crippen molar-refractivity contribution in [1.29, 1.82) is 0 Å². The molecule has 8 bridgehead atoms. The van der Waals surface area contributed by atoms with E-state index in [-0.39, 0.29) is 19.5 Å². The van der Waals surface area contributed by atoms with Crippen LogP contribution in [-0.2, 0) is 19.5 Å². The third kappa shape index (κ3) is 7.18. The predicted octanol–water partition coefficient (Wildman–Crippen LogP) is 9.54. The smallest absolute Gasteiger partial charge is 0.357 e. The SMILES string of the molecule is CCl.CCl.CCl.CCl.[Zn+2].c1ccc2c(c1)-c1nc-2nc2[n-]c(nc3nc(nc4[n-]c(n1)c1ccccc41)-c1ccccc1-3)c1ccccc21. The fourth-order valence-electron chi connectivity index (χ4n) is 5.46. The molecule has 0 radical (unpaired) electrons. The predicted molar refractivity (Wildman–Crippen MR) is 201 cm³/mol. The Morgan fingerprint density at radius 2 is 0.531 bits per heavy atom. The van der Waals surface area contributed by atoms with Crippen LogP contribution in [0.5, 0.6) is 0 Å². The number of benzene rings is 4. The molecule has 2 aliphatic heterocycles. The minimum absolute atomic E-state index is 0. The Labute approximate surface area is 316 Å². The Bertz CT molecular complexity index is 2060. The summed E-state index contributed by atoms with van der Waals surface area (Å²) in [6.07, 6.45) is 5.89. The normalized spacial score (nSPS) is 10.3. The molecule has 0 saturated carbocycles. The molecular weight excluding hydrogens is 752 g/mol. The van der Waals surface area contributed by atoms with E-state index in [2.05, 4.69) is 46.4 Å². The molecule has 0 unspecified atom stereocenters. The van der Waals surface area contributed by atoms with Crippen molar-refractivity contribution in [3.05, 3.63) is 97.1 Å². The van der Waals surface area contributed by atoms with Crippen molar-refractivity contribution in [3.63, 3.8) is 0 Å². The van der Waals surface area contributed by atoms with Gasteiger partial charge < -0.3 is 29.9 Å². The van der Waals surface area contributed by atoms with Crippen LogP contribution in [0.25, 0.3) is 89.7 Å². The summed E-state index contributed by atoms with van der Waals surface area (Å²) in [5.41, 5.74) is 5.78. The second-order valence-electron chi connectivity index (χ2n) is 9.67. The molecule has 9 rings (SSSR count). The number of fused-ring (bicyclic) bond motifs is 20. The maximum absolute atomic E-state index is 4.95. The molecule has 2 aliphatic rings. The molecular formula is C36H28Cl4N8Zn. The van der Waals surface area contributed by atoms with Gasteiger partial charge in [0.1, 0.15) is 0 Å². The first kappa shape index (κ1) is 37.8. The van der Waals surface area contributed by atoms with E-state index in [9.17, 15) is 0 Å². The van der Waals surface area contributed by atoms with Gasteiger partial charge >= 0.3 is 19.5 Å². The molecule has 4 aromatic carbocycles. The average molecular weight is 780 g/mol. The number of hydrogen-bond donors (Lipinski definition) is 0. The van der Waals surface area contributed by atoms with Crippen LogP contribution in [0.1, 0.15) is 0 Å². The summed E-state index contributed by atoms with van der Waals surface area (Å²) in [5, 5.41) is 3.57. The quantitative estimate of drug-likeness (QED) is 0.111. The van der Waals surface area contributed by atoms with E-state index < -0.39 is 0 Å². The van der Waals surface area contributed by atoms with Crippen LogP contribution in [0, 0.1) is 0 Å². The van der Waals surface area contributed by atoms with Gasteiger partial charge in [-0.2, -0.15) is 0 Å². The zero-order valence-electron chi connectivity index (χ0n) is 27.0. The largest absolute Gasteiger partial charge is 2.00 e. The molecule has 0 atom stereocenters. The second kappa shape index (κ2) is 17.6. The summed E-state index contributed by atoms with van der Waals surface area (Å²) in [6, 6.07) is 31.8. The number of hydrogen-bond acceptors (Lipinski definition) is 6. The van der Waals surface area contributed by atoms with Crippen LogP contribution < -0.4 is 9.97 Å². The number of aromatic nitrogens is 8. The third-order valence-corrected chi connectivity index (χ3v) is 7.33. The van der Waals surface area contributed by atoms with Crippen molar-refractivity contribution in [2.24, 2.45) is 0 Å². The Kier molecular flexibility index (Phi) is 13.6. The maximum atomic E-state index is 4.95. The number of halogens is 4. The molecule has 3 aromatic heterocycles. The molecule has 5 heterocycles. The van der Waals surface area contributed by atoms with Crippen molar-refractivity contribution < 1.29 is 19.5 Å². The van der Waals surface area contributed by atoms with E-state index >= 15 is 0 Å². The van der Waals surface area contributed by atoms with Gasteiger partial charge in [-0.1, -0.05) is 97.1 Å². The molecule has 0 fully saturated rings. The van der Waals surface area contributed by atoms with Crippen LogP contribution >= 0.6 is 46.4 Å². The fraction of sp³-hybridized carbons (Fsp3) is 0.111. The van der Waals surface area contributed by atoms with Gasteiger partial charge in [-0.25, -0.2) is 9.97 Å². The van der Waals surface area contributed by atoms with Crippen molar-refractivity contribution in [1.82, 2.24) is 39.9 Å². The molecule has 8 nitrogen and oxygen atoms in total. The topological polar surface area (TPSA) is 106 Å². The van der Waals surface area contributed by atoms with Gasteiger partial charge in [-0.3, -0.25) is 0 Å². The number of nitrogens with zero attached hydrogens (tertiary/aromatic N) is 8. The zero-order valence-corrected chi connectivity index (χ0v) is 33.0. The molecule has 0 amide bonds. The molecule has 0 N–H and O–H groups in total. The first-order valence-electron chi connectivity index (χ1n) is 14.4. The van der Waals surface area contributed by atoms with E-state index in [1.54, 1.807) is 0 Å². The van der Waals surface area contributed by atoms with Gasteiger partial charge in [0, 0.05) is 70.4 Å². The van der Waals surface area contributed by atoms with Gasteiger partial charge in [0.25, 0.3) is 0 Å². The van der Waals surface area contributed by atoms with Gasteiger partial charge in [0.15, 0.2) is 0 Å². The van der Waals surface area contributed by atoms with E-state index in [0.29, 0.717) is 45.9 Å². The first-order chi connectivity index (χ1) is 23.8. The van der Waals surface area contributed by atoms with E-state index in [4.69, 9.17) is 39.9 Å². The summed E-state index contributed by atoms with van der Waals surface area (Å²) in [4.78, 5) is 39.3. The Morgan fingerprint density at radius 3 is 0.755 bits per heavy atom. The van der Waals surface area contributed by atoms with Crippen LogP contribution in [0.2, 0.25) is 0 Å². The van der Waals surface area contributed by atoms with Crippen molar-refractivity contribution in [2.75, 3.05) is 25.5 Å². The average Bonchev–Trinajstić information content (AvgIpc) is 3.91. The van der Waals surface area contributed by atoms with Crippen molar-refractivity contribution in [2.45, 2.75) is 0 Å². The Balaban J connectivity index is 0.000000564. The summed E-state index contributed by atoms with van der Waals surface area (Å²) >= 11 is 18.6. The van der Waals surface area contributed by atoms with E-state index in [1.807, 2.05) is 97.1 Å². The molecule has 0 saturated heterocycles. The van der Waals surface area contributed by atoms with Crippen molar-refractivity contribution >= 4 is 90.5 Å². The minimum Gasteiger partial charge on any atom is -0.357 e. The summed E-state index contributed by atoms with van der Waals surface area (Å²) in [7, 11) is 0. The molecule has 7 aromatic rings. The molecule has 0 spiro atoms. The van der Waals surface area contributed by atoms with Crippen LogP contribution in [0.4, 0.5) is 0 Å². The standard InChI is InChI=1S/C32H16N8.4CH3Cl.Zn/c1-2-10-18-17(9-1)25-33-26(18)38-28-21-13-5-6-14-22(21)30(35-28)40-32-24-16-8-7-15-23(24)31(36-32)39-29-20-12-4-3-11-19(20)27(34-29)37-25;4*1-2;/h1-16H;4*1H3;/q-2;;;;;+2. The van der Waals surface area contributed by atoms with E-state index in [0.717, 1.165) is 43.8 Å². The van der Waals surface area contributed by atoms with Crippen LogP contribution in [0.15, 0.2) is 97.1 Å². The minimum atomic E-state index is 0. The second-order valence-corrected chi connectivity index (χ2v) is 9.67. The fourth-order valence-corrected chi connectivity index (χ4v) is 5.46. The van der Waals surface area contributed by atoms with Gasteiger partial charge in [-0.05, 0) is 21.5 Å². The third-order valence-electron chi connectivity index (χ3n) is 7.33. The molecule has 242 valence electrons. The number of alkyl halides is 4. The summed E-state index contributed by atoms with van der Waals surface area (Å²) in [5.74, 6) is 2.21. The molecule has 0 aliphatic carbocycles. The monoisotopic (exact) mass is 776 g/mol. The zero-order chi connectivity index (χ0) is 34.2. The van der Waals surface area contributed by atoms with Crippen LogP contribution in [0.3, 0.4) is 0 Å². The molecule has 49 heavy (non-hydrogen) atoms. The van der Waals surface area contributed by atoms with Crippen molar-refractivity contribution in [3.8, 4) is 45.6 Å².